The Kier molecular flexibility index (Phi) is 7.20. The molecule has 1 unspecified atom stereocenters. The molecule has 40 heavy (non-hydrogen) atoms. The molecule has 0 spiro atoms. The maximum Gasteiger partial charge on any atom is 0.420 e. The lowest BCUT2D eigenvalue weighted by atomic mass is 10.1. The zero-order chi connectivity index (χ0) is 28.2. The molecule has 3 aliphatic rings. The van der Waals surface area contributed by atoms with E-state index in [-0.39, 0.29) is 17.5 Å². The second-order valence-electron chi connectivity index (χ2n) is 10.8. The van der Waals surface area contributed by atoms with E-state index in [9.17, 15) is 18.0 Å². The van der Waals surface area contributed by atoms with Gasteiger partial charge in [-0.15, -0.1) is 23.1 Å². The van der Waals surface area contributed by atoms with Crippen LogP contribution in [0.25, 0.3) is 10.6 Å². The van der Waals surface area contributed by atoms with Crippen LogP contribution in [0.5, 0.6) is 0 Å². The third-order valence-electron chi connectivity index (χ3n) is 7.87. The van der Waals surface area contributed by atoms with Gasteiger partial charge in [0.25, 0.3) is 5.91 Å². The number of hydrogen-bond donors (Lipinski definition) is 1. The Morgan fingerprint density at radius 1 is 1.10 bits per heavy atom. The van der Waals surface area contributed by atoms with Gasteiger partial charge in [-0.05, 0) is 62.6 Å². The summed E-state index contributed by atoms with van der Waals surface area (Å²) in [6.07, 6.45) is -1.63. The molecule has 1 N–H and O–H groups in total. The second kappa shape index (κ2) is 10.5. The van der Waals surface area contributed by atoms with Gasteiger partial charge in [-0.2, -0.15) is 13.2 Å². The number of benzene rings is 1. The van der Waals surface area contributed by atoms with E-state index in [0.29, 0.717) is 38.9 Å². The average molecular weight is 589 g/mol. The van der Waals surface area contributed by atoms with Crippen molar-refractivity contribution in [1.82, 2.24) is 19.8 Å². The molecular weight excluding hydrogens is 557 g/mol. The highest BCUT2D eigenvalue weighted by Gasteiger charge is 2.37. The number of likely N-dealkylation sites (N-methyl/N-ethyl adjacent to an activating group) is 1. The maximum atomic E-state index is 14.0. The van der Waals surface area contributed by atoms with E-state index in [1.165, 1.54) is 11.8 Å². The Hall–Kier alpha value is -2.83. The van der Waals surface area contributed by atoms with Crippen molar-refractivity contribution in [2.24, 2.45) is 0 Å². The molecule has 4 heterocycles. The van der Waals surface area contributed by atoms with Crippen molar-refractivity contribution in [2.45, 2.75) is 42.8 Å². The number of carbonyl (C=O) groups excluding carboxylic acids is 1. The van der Waals surface area contributed by atoms with Gasteiger partial charge in [-0.25, -0.2) is 9.97 Å². The zero-order valence-electron chi connectivity index (χ0n) is 22.6. The summed E-state index contributed by atoms with van der Waals surface area (Å²) in [6, 6.07) is 8.37. The largest absolute Gasteiger partial charge is 0.420 e. The highest BCUT2D eigenvalue weighted by Crippen LogP contribution is 2.46. The standard InChI is InChI=1S/C28H31F3N6OS2/c1-16-15-37(9-8-35(16)2)18-6-7-21(19(12-18)17-4-5-17)33-27-32-14-20(28(29,30)31)24(34-27)22-13-23-25(40-22)26(38)36(3)10-11-39-23/h6-7,12-14,16-17H,4-5,8-11,15H2,1-3H3,(H,32,33,34). The van der Waals surface area contributed by atoms with Crippen LogP contribution in [0.3, 0.4) is 0 Å². The minimum atomic E-state index is -4.64. The molecule has 2 fully saturated rings. The number of aromatic nitrogens is 2. The van der Waals surface area contributed by atoms with E-state index in [0.717, 1.165) is 66.9 Å². The van der Waals surface area contributed by atoms with E-state index in [1.54, 1.807) is 18.0 Å². The van der Waals surface area contributed by atoms with Gasteiger partial charge in [-0.3, -0.25) is 4.79 Å². The van der Waals surface area contributed by atoms with Gasteiger partial charge in [0, 0.05) is 67.5 Å². The summed E-state index contributed by atoms with van der Waals surface area (Å²) in [6.45, 7) is 5.70. The predicted octanol–water partition coefficient (Wildman–Crippen LogP) is 6.16. The van der Waals surface area contributed by atoms with Crippen LogP contribution in [0.1, 0.15) is 46.5 Å². The van der Waals surface area contributed by atoms with Crippen molar-refractivity contribution in [1.29, 1.82) is 0 Å². The van der Waals surface area contributed by atoms with Gasteiger partial charge in [0.05, 0.1) is 10.6 Å². The molecule has 12 heteroatoms. The number of thiophene rings is 1. The number of nitrogens with one attached hydrogen (secondary N) is 1. The predicted molar refractivity (Wildman–Crippen MR) is 154 cm³/mol. The van der Waals surface area contributed by atoms with Crippen molar-refractivity contribution in [3.8, 4) is 10.6 Å². The van der Waals surface area contributed by atoms with Crippen LogP contribution in [0.4, 0.5) is 30.5 Å². The van der Waals surface area contributed by atoms with Crippen LogP contribution < -0.4 is 10.2 Å². The number of rotatable bonds is 5. The molecule has 1 aliphatic carbocycles. The van der Waals surface area contributed by atoms with Crippen LogP contribution in [0.2, 0.25) is 0 Å². The van der Waals surface area contributed by atoms with Gasteiger partial charge in [0.1, 0.15) is 10.4 Å². The van der Waals surface area contributed by atoms with E-state index >= 15 is 0 Å². The van der Waals surface area contributed by atoms with Crippen molar-refractivity contribution in [3.05, 3.63) is 46.5 Å². The van der Waals surface area contributed by atoms with Crippen molar-refractivity contribution in [2.75, 3.05) is 56.2 Å². The van der Waals surface area contributed by atoms with Crippen molar-refractivity contribution in [3.63, 3.8) is 0 Å². The fraction of sp³-hybridized carbons (Fsp3) is 0.464. The van der Waals surface area contributed by atoms with E-state index in [1.807, 2.05) is 6.07 Å². The van der Waals surface area contributed by atoms with Crippen LogP contribution >= 0.6 is 23.1 Å². The minimum Gasteiger partial charge on any atom is -0.369 e. The highest BCUT2D eigenvalue weighted by atomic mass is 32.2. The van der Waals surface area contributed by atoms with E-state index in [2.05, 4.69) is 51.2 Å². The molecule has 3 aromatic rings. The third-order valence-corrected chi connectivity index (χ3v) is 10.2. The summed E-state index contributed by atoms with van der Waals surface area (Å²) in [5.41, 5.74) is 1.99. The lowest BCUT2D eigenvalue weighted by Crippen LogP contribution is -2.50. The molecule has 2 aliphatic heterocycles. The summed E-state index contributed by atoms with van der Waals surface area (Å²) >= 11 is 2.53. The van der Waals surface area contributed by atoms with E-state index < -0.39 is 11.7 Å². The molecule has 1 amide bonds. The fourth-order valence-corrected chi connectivity index (χ4v) is 7.58. The molecule has 6 rings (SSSR count). The Labute approximate surface area is 239 Å². The van der Waals surface area contributed by atoms with Crippen LogP contribution in [0, 0.1) is 0 Å². The number of fused-ring (bicyclic) bond motifs is 1. The number of thioether (sulfide) groups is 1. The normalized spacial score (nSPS) is 20.4. The van der Waals surface area contributed by atoms with Crippen molar-refractivity contribution < 1.29 is 18.0 Å². The maximum absolute atomic E-state index is 14.0. The first-order chi connectivity index (χ1) is 19.1. The minimum absolute atomic E-state index is 0.102. The van der Waals surface area contributed by atoms with Gasteiger partial charge >= 0.3 is 6.18 Å². The number of hydrogen-bond acceptors (Lipinski definition) is 8. The lowest BCUT2D eigenvalue weighted by molar-refractivity contribution is -0.137. The highest BCUT2D eigenvalue weighted by molar-refractivity contribution is 7.99. The second-order valence-corrected chi connectivity index (χ2v) is 13.0. The number of anilines is 3. The summed E-state index contributed by atoms with van der Waals surface area (Å²) in [4.78, 5) is 29.1. The number of carbonyl (C=O) groups is 1. The molecule has 0 bridgehead atoms. The Morgan fingerprint density at radius 3 is 2.62 bits per heavy atom. The molecule has 212 valence electrons. The monoisotopic (exact) mass is 588 g/mol. The first-order valence-corrected chi connectivity index (χ1v) is 15.2. The number of piperazine rings is 1. The van der Waals surface area contributed by atoms with Crippen LogP contribution in [-0.2, 0) is 6.18 Å². The van der Waals surface area contributed by atoms with Crippen LogP contribution in [-0.4, -0.2) is 77.7 Å². The topological polar surface area (TPSA) is 64.6 Å². The Morgan fingerprint density at radius 2 is 1.90 bits per heavy atom. The van der Waals surface area contributed by atoms with Gasteiger partial charge in [-0.1, -0.05) is 0 Å². The number of nitrogens with zero attached hydrogens (tertiary/aromatic N) is 5. The quantitative estimate of drug-likeness (QED) is 0.383. The zero-order valence-corrected chi connectivity index (χ0v) is 24.2. The van der Waals surface area contributed by atoms with Gasteiger partial charge < -0.3 is 20.0 Å². The molecule has 1 atom stereocenters. The number of amides is 1. The van der Waals surface area contributed by atoms with E-state index in [4.69, 9.17) is 0 Å². The first kappa shape index (κ1) is 27.3. The molecular formula is C28H31F3N6OS2. The summed E-state index contributed by atoms with van der Waals surface area (Å²) in [5, 5.41) is 3.22. The van der Waals surface area contributed by atoms with Crippen molar-refractivity contribution >= 4 is 46.3 Å². The smallest absolute Gasteiger partial charge is 0.369 e. The lowest BCUT2D eigenvalue weighted by Gasteiger charge is -2.39. The SMILES string of the molecule is CC1CN(c2ccc(Nc3ncc(C(F)(F)F)c(-c4cc5c(s4)C(=O)N(C)CCS5)n3)c(C3CC3)c2)CCN1C. The Bertz CT molecular complexity index is 1440. The summed E-state index contributed by atoms with van der Waals surface area (Å²) in [5.74, 6) is 1.02. The molecule has 1 saturated heterocycles. The molecule has 0 radical (unpaired) electrons. The third kappa shape index (κ3) is 5.40. The molecule has 7 nitrogen and oxygen atoms in total. The Balaban J connectivity index is 1.34. The van der Waals surface area contributed by atoms with Gasteiger partial charge in [0.15, 0.2) is 0 Å². The summed E-state index contributed by atoms with van der Waals surface area (Å²) < 4.78 is 42.1. The molecule has 2 aromatic heterocycles. The summed E-state index contributed by atoms with van der Waals surface area (Å²) in [7, 11) is 3.85. The fourth-order valence-electron chi connectivity index (χ4n) is 5.15. The number of alkyl halides is 3. The molecule has 1 saturated carbocycles. The first-order valence-electron chi connectivity index (χ1n) is 13.4. The van der Waals surface area contributed by atoms with Gasteiger partial charge in [0.2, 0.25) is 5.95 Å². The average Bonchev–Trinajstić information content (AvgIpc) is 3.70. The molecule has 1 aromatic carbocycles. The number of halogens is 3. The van der Waals surface area contributed by atoms with Crippen LogP contribution in [0.15, 0.2) is 35.4 Å².